The van der Waals surface area contributed by atoms with Crippen LogP contribution in [-0.4, -0.2) is 25.5 Å². The predicted molar refractivity (Wildman–Crippen MR) is 73.9 cm³/mol. The third-order valence-electron chi connectivity index (χ3n) is 2.84. The van der Waals surface area contributed by atoms with Gasteiger partial charge in [0.05, 0.1) is 12.7 Å². The summed E-state index contributed by atoms with van der Waals surface area (Å²) in [6.45, 7) is 2.44. The number of anilines is 1. The topological polar surface area (TPSA) is 81.4 Å². The minimum Gasteiger partial charge on any atom is -0.465 e. The summed E-state index contributed by atoms with van der Waals surface area (Å²) in [5.74, 6) is -0.604. The van der Waals surface area contributed by atoms with Gasteiger partial charge in [-0.3, -0.25) is 4.79 Å². The molecule has 19 heavy (non-hydrogen) atoms. The molecule has 0 fully saturated rings. The number of ether oxygens (including phenoxy) is 1. The molecule has 1 atom stereocenters. The van der Waals surface area contributed by atoms with Crippen LogP contribution in [0.3, 0.4) is 0 Å². The molecule has 1 aromatic rings. The van der Waals surface area contributed by atoms with E-state index < -0.39 is 5.97 Å². The van der Waals surface area contributed by atoms with Crippen molar-refractivity contribution in [3.63, 3.8) is 0 Å². The second-order valence-corrected chi connectivity index (χ2v) is 4.39. The summed E-state index contributed by atoms with van der Waals surface area (Å²) in [6, 6.07) is 6.67. The lowest BCUT2D eigenvalue weighted by molar-refractivity contribution is -0.119. The first-order valence-corrected chi connectivity index (χ1v) is 6.27. The van der Waals surface area contributed by atoms with E-state index in [4.69, 9.17) is 5.73 Å². The lowest BCUT2D eigenvalue weighted by Gasteiger charge is -2.12. The Labute approximate surface area is 113 Å². The minimum atomic E-state index is -0.424. The van der Waals surface area contributed by atoms with Crippen LogP contribution in [0.25, 0.3) is 0 Å². The molecule has 0 saturated heterocycles. The monoisotopic (exact) mass is 264 g/mol. The number of carbonyl (C=O) groups is 2. The number of hydrogen-bond acceptors (Lipinski definition) is 4. The molecule has 0 heterocycles. The van der Waals surface area contributed by atoms with E-state index in [0.717, 1.165) is 12.8 Å². The van der Waals surface area contributed by atoms with Crippen molar-refractivity contribution in [1.82, 2.24) is 0 Å². The number of benzene rings is 1. The standard InChI is InChI=1S/C14H20N2O3/c1-10(5-4-8-15)13(17)16-12-7-3-6-11(9-12)14(18)19-2/h3,6-7,9-10H,4-5,8,15H2,1-2H3,(H,16,17). The number of carbonyl (C=O) groups excluding carboxylic acids is 2. The van der Waals surface area contributed by atoms with Crippen molar-refractivity contribution in [2.75, 3.05) is 19.0 Å². The maximum absolute atomic E-state index is 11.9. The van der Waals surface area contributed by atoms with Gasteiger partial charge in [-0.25, -0.2) is 4.79 Å². The van der Waals surface area contributed by atoms with Gasteiger partial charge in [-0.1, -0.05) is 13.0 Å². The van der Waals surface area contributed by atoms with Crippen LogP contribution in [0, 0.1) is 5.92 Å². The van der Waals surface area contributed by atoms with E-state index >= 15 is 0 Å². The summed E-state index contributed by atoms with van der Waals surface area (Å²) in [5, 5.41) is 2.78. The Kier molecular flexibility index (Phi) is 6.02. The second kappa shape index (κ2) is 7.53. The van der Waals surface area contributed by atoms with Crippen molar-refractivity contribution in [1.29, 1.82) is 0 Å². The average molecular weight is 264 g/mol. The highest BCUT2D eigenvalue weighted by atomic mass is 16.5. The highest BCUT2D eigenvalue weighted by Crippen LogP contribution is 2.14. The zero-order valence-electron chi connectivity index (χ0n) is 11.3. The molecule has 5 nitrogen and oxygen atoms in total. The van der Waals surface area contributed by atoms with Crippen LogP contribution in [0.1, 0.15) is 30.1 Å². The van der Waals surface area contributed by atoms with Crippen molar-refractivity contribution in [2.24, 2.45) is 11.7 Å². The van der Waals surface area contributed by atoms with Crippen molar-refractivity contribution in [3.05, 3.63) is 29.8 Å². The number of methoxy groups -OCH3 is 1. The fourth-order valence-corrected chi connectivity index (χ4v) is 1.66. The van der Waals surface area contributed by atoms with Gasteiger partial charge in [-0.15, -0.1) is 0 Å². The van der Waals surface area contributed by atoms with E-state index in [2.05, 4.69) is 10.1 Å². The lowest BCUT2D eigenvalue weighted by Crippen LogP contribution is -2.21. The summed E-state index contributed by atoms with van der Waals surface area (Å²) in [7, 11) is 1.32. The summed E-state index contributed by atoms with van der Waals surface area (Å²) in [6.07, 6.45) is 1.57. The summed E-state index contributed by atoms with van der Waals surface area (Å²) in [4.78, 5) is 23.3. The lowest BCUT2D eigenvalue weighted by atomic mass is 10.0. The van der Waals surface area contributed by atoms with E-state index in [9.17, 15) is 9.59 Å². The van der Waals surface area contributed by atoms with Crippen molar-refractivity contribution < 1.29 is 14.3 Å². The first-order chi connectivity index (χ1) is 9.08. The Morgan fingerprint density at radius 3 is 2.79 bits per heavy atom. The van der Waals surface area contributed by atoms with Gasteiger partial charge in [-0.05, 0) is 37.6 Å². The molecule has 104 valence electrons. The number of esters is 1. The van der Waals surface area contributed by atoms with E-state index in [0.29, 0.717) is 17.8 Å². The van der Waals surface area contributed by atoms with Crippen molar-refractivity contribution in [2.45, 2.75) is 19.8 Å². The van der Waals surface area contributed by atoms with Gasteiger partial charge in [0.1, 0.15) is 0 Å². The van der Waals surface area contributed by atoms with E-state index in [-0.39, 0.29) is 11.8 Å². The molecule has 0 spiro atoms. The molecule has 0 aromatic heterocycles. The number of nitrogens with two attached hydrogens (primary N) is 1. The largest absolute Gasteiger partial charge is 0.465 e. The molecule has 1 unspecified atom stereocenters. The molecular weight excluding hydrogens is 244 g/mol. The van der Waals surface area contributed by atoms with E-state index in [1.807, 2.05) is 6.92 Å². The van der Waals surface area contributed by atoms with E-state index in [1.165, 1.54) is 7.11 Å². The molecule has 0 aliphatic rings. The first kappa shape index (κ1) is 15.2. The van der Waals surface area contributed by atoms with Crippen LogP contribution < -0.4 is 11.1 Å². The predicted octanol–water partition coefficient (Wildman–Crippen LogP) is 1.79. The van der Waals surface area contributed by atoms with Gasteiger partial charge in [-0.2, -0.15) is 0 Å². The van der Waals surface area contributed by atoms with Gasteiger partial charge in [0.25, 0.3) is 0 Å². The zero-order chi connectivity index (χ0) is 14.3. The van der Waals surface area contributed by atoms with Gasteiger partial charge >= 0.3 is 5.97 Å². The van der Waals surface area contributed by atoms with Gasteiger partial charge in [0.2, 0.25) is 5.91 Å². The van der Waals surface area contributed by atoms with Crippen molar-refractivity contribution in [3.8, 4) is 0 Å². The number of nitrogens with one attached hydrogen (secondary N) is 1. The van der Waals surface area contributed by atoms with Crippen LogP contribution in [0.5, 0.6) is 0 Å². The normalized spacial score (nSPS) is 11.7. The Hall–Kier alpha value is -1.88. The van der Waals surface area contributed by atoms with Crippen LogP contribution in [-0.2, 0) is 9.53 Å². The highest BCUT2D eigenvalue weighted by molar-refractivity contribution is 5.95. The molecule has 0 bridgehead atoms. The molecule has 0 aliphatic carbocycles. The first-order valence-electron chi connectivity index (χ1n) is 6.27. The molecule has 0 saturated carbocycles. The van der Waals surface area contributed by atoms with Gasteiger partial charge < -0.3 is 15.8 Å². The summed E-state index contributed by atoms with van der Waals surface area (Å²) < 4.78 is 4.63. The molecule has 1 amide bonds. The van der Waals surface area contributed by atoms with Crippen LogP contribution in [0.4, 0.5) is 5.69 Å². The Morgan fingerprint density at radius 1 is 1.42 bits per heavy atom. The molecule has 5 heteroatoms. The summed E-state index contributed by atoms with van der Waals surface area (Å²) in [5.41, 5.74) is 6.42. The van der Waals surface area contributed by atoms with Crippen LogP contribution in [0.15, 0.2) is 24.3 Å². The average Bonchev–Trinajstić information content (AvgIpc) is 2.44. The fourth-order valence-electron chi connectivity index (χ4n) is 1.66. The third kappa shape index (κ3) is 4.71. The Morgan fingerprint density at radius 2 is 2.16 bits per heavy atom. The molecule has 3 N–H and O–H groups in total. The number of hydrogen-bond donors (Lipinski definition) is 2. The number of amides is 1. The molecular formula is C14H20N2O3. The molecule has 0 aliphatic heterocycles. The van der Waals surface area contributed by atoms with E-state index in [1.54, 1.807) is 24.3 Å². The maximum atomic E-state index is 11.9. The smallest absolute Gasteiger partial charge is 0.337 e. The molecule has 1 aromatic carbocycles. The Balaban J connectivity index is 2.66. The fraction of sp³-hybridized carbons (Fsp3) is 0.429. The third-order valence-corrected chi connectivity index (χ3v) is 2.84. The van der Waals surface area contributed by atoms with Crippen LogP contribution >= 0.6 is 0 Å². The maximum Gasteiger partial charge on any atom is 0.337 e. The second-order valence-electron chi connectivity index (χ2n) is 4.39. The van der Waals surface area contributed by atoms with Crippen molar-refractivity contribution >= 4 is 17.6 Å². The Bertz CT molecular complexity index is 446. The molecule has 1 rings (SSSR count). The minimum absolute atomic E-state index is 0.0736. The number of rotatable bonds is 6. The highest BCUT2D eigenvalue weighted by Gasteiger charge is 2.13. The molecule has 0 radical (unpaired) electrons. The SMILES string of the molecule is COC(=O)c1cccc(NC(=O)C(C)CCCN)c1. The van der Waals surface area contributed by atoms with Gasteiger partial charge in [0.15, 0.2) is 0 Å². The van der Waals surface area contributed by atoms with Crippen LogP contribution in [0.2, 0.25) is 0 Å². The van der Waals surface area contributed by atoms with Gasteiger partial charge in [0, 0.05) is 11.6 Å². The summed E-state index contributed by atoms with van der Waals surface area (Å²) >= 11 is 0. The quantitative estimate of drug-likeness (QED) is 0.767. The zero-order valence-corrected chi connectivity index (χ0v) is 11.3.